The largest absolute Gasteiger partial charge is 0.367 e. The predicted octanol–water partition coefficient (Wildman–Crippen LogP) is 2.47. The summed E-state index contributed by atoms with van der Waals surface area (Å²) in [6.07, 6.45) is 1.70. The molecule has 1 aliphatic rings. The van der Waals surface area contributed by atoms with Crippen LogP contribution < -0.4 is 10.2 Å². The van der Waals surface area contributed by atoms with Gasteiger partial charge in [0.25, 0.3) is 0 Å². The lowest BCUT2D eigenvalue weighted by atomic mass is 10.1. The topological polar surface area (TPSA) is 39.1 Å². The van der Waals surface area contributed by atoms with Crippen molar-refractivity contribution in [3.63, 3.8) is 0 Å². The van der Waals surface area contributed by atoms with E-state index >= 15 is 0 Å². The van der Waals surface area contributed by atoms with Crippen LogP contribution in [0.15, 0.2) is 24.3 Å². The highest BCUT2D eigenvalue weighted by Crippen LogP contribution is 2.21. The first-order valence-corrected chi connectivity index (χ1v) is 6.64. The van der Waals surface area contributed by atoms with E-state index in [-0.39, 0.29) is 6.04 Å². The second-order valence-corrected chi connectivity index (χ2v) is 5.14. The maximum absolute atomic E-state index is 8.86. The molecule has 0 radical (unpaired) electrons. The highest BCUT2D eigenvalue weighted by atomic mass is 15.2. The van der Waals surface area contributed by atoms with Crippen molar-refractivity contribution in [2.75, 3.05) is 18.0 Å². The Balaban J connectivity index is 2.17. The highest BCUT2D eigenvalue weighted by Gasteiger charge is 2.22. The molecule has 2 unspecified atom stereocenters. The molecule has 0 aliphatic carbocycles. The SMILES string of the molecule is Cc1ccc(N2CC(CC#N)NCCC2C)cc1. The Labute approximate surface area is 109 Å². The first-order valence-electron chi connectivity index (χ1n) is 6.64. The van der Waals surface area contributed by atoms with Crippen molar-refractivity contribution in [2.45, 2.75) is 38.8 Å². The fraction of sp³-hybridized carbons (Fsp3) is 0.533. The van der Waals surface area contributed by atoms with Gasteiger partial charge in [0.1, 0.15) is 0 Å². The third-order valence-corrected chi connectivity index (χ3v) is 3.65. The van der Waals surface area contributed by atoms with Gasteiger partial charge in [0, 0.05) is 24.3 Å². The second-order valence-electron chi connectivity index (χ2n) is 5.14. The van der Waals surface area contributed by atoms with Crippen LogP contribution in [0.4, 0.5) is 5.69 Å². The van der Waals surface area contributed by atoms with Crippen LogP contribution in [-0.4, -0.2) is 25.2 Å². The van der Waals surface area contributed by atoms with E-state index in [4.69, 9.17) is 5.26 Å². The smallest absolute Gasteiger partial charge is 0.0638 e. The van der Waals surface area contributed by atoms with Crippen LogP contribution in [0.2, 0.25) is 0 Å². The number of hydrogen-bond acceptors (Lipinski definition) is 3. The molecule has 96 valence electrons. The molecule has 1 heterocycles. The van der Waals surface area contributed by atoms with Gasteiger partial charge in [-0.15, -0.1) is 0 Å². The van der Waals surface area contributed by atoms with Crippen molar-refractivity contribution in [1.29, 1.82) is 5.26 Å². The van der Waals surface area contributed by atoms with Crippen molar-refractivity contribution in [2.24, 2.45) is 0 Å². The third-order valence-electron chi connectivity index (χ3n) is 3.65. The van der Waals surface area contributed by atoms with Crippen LogP contribution in [0, 0.1) is 18.3 Å². The minimum absolute atomic E-state index is 0.279. The molecule has 18 heavy (non-hydrogen) atoms. The molecule has 3 heteroatoms. The second kappa shape index (κ2) is 5.88. The molecule has 1 aromatic rings. The Morgan fingerprint density at radius 2 is 2.11 bits per heavy atom. The van der Waals surface area contributed by atoms with Crippen molar-refractivity contribution >= 4 is 5.69 Å². The molecule has 0 saturated carbocycles. The molecule has 1 aliphatic heterocycles. The summed E-state index contributed by atoms with van der Waals surface area (Å²) in [6.45, 7) is 6.28. The molecule has 0 bridgehead atoms. The molecule has 1 N–H and O–H groups in total. The highest BCUT2D eigenvalue weighted by molar-refractivity contribution is 5.48. The lowest BCUT2D eigenvalue weighted by Crippen LogP contribution is -2.40. The van der Waals surface area contributed by atoms with Crippen LogP contribution in [0.1, 0.15) is 25.3 Å². The number of nitriles is 1. The summed E-state index contributed by atoms with van der Waals surface area (Å²) in [6, 6.07) is 11.7. The summed E-state index contributed by atoms with van der Waals surface area (Å²) >= 11 is 0. The zero-order chi connectivity index (χ0) is 13.0. The monoisotopic (exact) mass is 243 g/mol. The molecule has 2 atom stereocenters. The van der Waals surface area contributed by atoms with Gasteiger partial charge in [-0.3, -0.25) is 0 Å². The van der Waals surface area contributed by atoms with Gasteiger partial charge in [-0.25, -0.2) is 0 Å². The van der Waals surface area contributed by atoms with E-state index in [1.165, 1.54) is 11.3 Å². The summed E-state index contributed by atoms with van der Waals surface area (Å²) in [5, 5.41) is 12.3. The molecule has 0 aromatic heterocycles. The summed E-state index contributed by atoms with van der Waals surface area (Å²) in [7, 11) is 0. The van der Waals surface area contributed by atoms with E-state index in [0.29, 0.717) is 12.5 Å². The van der Waals surface area contributed by atoms with Gasteiger partial charge in [0.05, 0.1) is 12.5 Å². The zero-order valence-corrected chi connectivity index (χ0v) is 11.2. The van der Waals surface area contributed by atoms with E-state index in [9.17, 15) is 0 Å². The molecule has 3 nitrogen and oxygen atoms in total. The molecular weight excluding hydrogens is 222 g/mol. The standard InChI is InChI=1S/C15H21N3/c1-12-3-5-15(6-4-12)18-11-14(7-9-16)17-10-8-13(18)2/h3-6,13-14,17H,7-8,10-11H2,1-2H3. The minimum Gasteiger partial charge on any atom is -0.367 e. The van der Waals surface area contributed by atoms with E-state index in [1.807, 2.05) is 0 Å². The van der Waals surface area contributed by atoms with Gasteiger partial charge in [-0.05, 0) is 38.9 Å². The Bertz CT molecular complexity index is 418. The third kappa shape index (κ3) is 3.02. The van der Waals surface area contributed by atoms with Crippen LogP contribution in [0.3, 0.4) is 0 Å². The number of rotatable bonds is 2. The summed E-state index contributed by atoms with van der Waals surface area (Å²) < 4.78 is 0. The number of nitrogens with one attached hydrogen (secondary N) is 1. The summed E-state index contributed by atoms with van der Waals surface area (Å²) in [4.78, 5) is 2.42. The molecular formula is C15H21N3. The molecule has 1 saturated heterocycles. The summed E-state index contributed by atoms with van der Waals surface area (Å²) in [5.74, 6) is 0. The minimum atomic E-state index is 0.279. The van der Waals surface area contributed by atoms with Crippen molar-refractivity contribution in [1.82, 2.24) is 5.32 Å². The van der Waals surface area contributed by atoms with E-state index in [2.05, 4.69) is 54.4 Å². The van der Waals surface area contributed by atoms with Crippen LogP contribution in [0.25, 0.3) is 0 Å². The summed E-state index contributed by atoms with van der Waals surface area (Å²) in [5.41, 5.74) is 2.55. The quantitative estimate of drug-likeness (QED) is 0.867. The van der Waals surface area contributed by atoms with Gasteiger partial charge < -0.3 is 10.2 Å². The van der Waals surface area contributed by atoms with Crippen LogP contribution in [0.5, 0.6) is 0 Å². The fourth-order valence-electron chi connectivity index (χ4n) is 2.48. The molecule has 0 spiro atoms. The van der Waals surface area contributed by atoms with Gasteiger partial charge in [0.15, 0.2) is 0 Å². The van der Waals surface area contributed by atoms with Crippen molar-refractivity contribution < 1.29 is 0 Å². The Hall–Kier alpha value is -1.53. The number of hydrogen-bond donors (Lipinski definition) is 1. The number of anilines is 1. The van der Waals surface area contributed by atoms with Crippen molar-refractivity contribution in [3.8, 4) is 6.07 Å². The maximum Gasteiger partial charge on any atom is 0.0638 e. The Kier molecular flexibility index (Phi) is 4.22. The van der Waals surface area contributed by atoms with Gasteiger partial charge in [-0.1, -0.05) is 17.7 Å². The van der Waals surface area contributed by atoms with Crippen molar-refractivity contribution in [3.05, 3.63) is 29.8 Å². The fourth-order valence-corrected chi connectivity index (χ4v) is 2.48. The van der Waals surface area contributed by atoms with Gasteiger partial charge >= 0.3 is 0 Å². The predicted molar refractivity (Wildman–Crippen MR) is 74.6 cm³/mol. The first-order chi connectivity index (χ1) is 8.70. The van der Waals surface area contributed by atoms with Crippen LogP contribution >= 0.6 is 0 Å². The number of nitrogens with zero attached hydrogens (tertiary/aromatic N) is 2. The average molecular weight is 243 g/mol. The van der Waals surface area contributed by atoms with Gasteiger partial charge in [-0.2, -0.15) is 5.26 Å². The molecule has 2 rings (SSSR count). The van der Waals surface area contributed by atoms with Gasteiger partial charge in [0.2, 0.25) is 0 Å². The average Bonchev–Trinajstić information content (AvgIpc) is 2.53. The number of aryl methyl sites for hydroxylation is 1. The number of benzene rings is 1. The lowest BCUT2D eigenvalue weighted by molar-refractivity contribution is 0.552. The molecule has 0 amide bonds. The first kappa shape index (κ1) is 12.9. The Morgan fingerprint density at radius 3 is 2.78 bits per heavy atom. The van der Waals surface area contributed by atoms with E-state index in [1.54, 1.807) is 0 Å². The molecule has 1 aromatic carbocycles. The lowest BCUT2D eigenvalue weighted by Gasteiger charge is -2.31. The van der Waals surface area contributed by atoms with E-state index in [0.717, 1.165) is 19.5 Å². The zero-order valence-electron chi connectivity index (χ0n) is 11.2. The molecule has 1 fully saturated rings. The Morgan fingerprint density at radius 1 is 1.39 bits per heavy atom. The maximum atomic E-state index is 8.86. The normalized spacial score (nSPS) is 24.4. The van der Waals surface area contributed by atoms with E-state index < -0.39 is 0 Å². The van der Waals surface area contributed by atoms with Crippen LogP contribution in [-0.2, 0) is 0 Å².